The van der Waals surface area contributed by atoms with E-state index in [2.05, 4.69) is 5.32 Å². The molecule has 0 fully saturated rings. The second kappa shape index (κ2) is 11.5. The first-order valence-corrected chi connectivity index (χ1v) is 13.0. The van der Waals surface area contributed by atoms with Gasteiger partial charge in [0, 0.05) is 18.1 Å². The van der Waals surface area contributed by atoms with Gasteiger partial charge in [0.05, 0.1) is 11.9 Å². The molecule has 180 valence electrons. The van der Waals surface area contributed by atoms with Gasteiger partial charge in [0.2, 0.25) is 21.8 Å². The Balaban J connectivity index is 2.42. The second-order valence-electron chi connectivity index (χ2n) is 8.18. The summed E-state index contributed by atoms with van der Waals surface area (Å²) in [5.74, 6) is -0.787. The first-order chi connectivity index (χ1) is 15.4. The maximum Gasteiger partial charge on any atom is 0.244 e. The number of benzene rings is 2. The van der Waals surface area contributed by atoms with Crippen LogP contribution in [-0.4, -0.2) is 50.5 Å². The molecule has 0 aliphatic heterocycles. The van der Waals surface area contributed by atoms with E-state index >= 15 is 0 Å². The lowest BCUT2D eigenvalue weighted by Crippen LogP contribution is -2.51. The summed E-state index contributed by atoms with van der Waals surface area (Å²) in [5.41, 5.74) is 2.79. The maximum atomic E-state index is 13.5. The molecule has 0 aromatic heterocycles. The van der Waals surface area contributed by atoms with Gasteiger partial charge in [-0.05, 0) is 62.1 Å². The standard InChI is InChI=1S/C24H32ClN3O4S/c1-6-12-26-24(30)19(4)27(15-20-8-7-9-21(25)14-20)23(29)16-28(33(5,31)32)22-13-17(2)10-11-18(22)3/h7-11,13-14,19H,6,12,15-16H2,1-5H3,(H,26,30). The minimum atomic E-state index is -3.76. The van der Waals surface area contributed by atoms with Crippen LogP contribution in [0.1, 0.15) is 37.0 Å². The lowest BCUT2D eigenvalue weighted by atomic mass is 10.1. The molecule has 2 amide bonds. The molecule has 0 saturated heterocycles. The number of carbonyl (C=O) groups is 2. The fourth-order valence-corrected chi connectivity index (χ4v) is 4.51. The van der Waals surface area contributed by atoms with Crippen molar-refractivity contribution in [2.24, 2.45) is 0 Å². The van der Waals surface area contributed by atoms with Gasteiger partial charge in [-0.25, -0.2) is 8.42 Å². The monoisotopic (exact) mass is 493 g/mol. The van der Waals surface area contributed by atoms with E-state index in [4.69, 9.17) is 11.6 Å². The Kier molecular flexibility index (Phi) is 9.31. The SMILES string of the molecule is CCCNC(=O)C(C)N(Cc1cccc(Cl)c1)C(=O)CN(c1cc(C)ccc1C)S(C)(=O)=O. The van der Waals surface area contributed by atoms with Crippen LogP contribution >= 0.6 is 11.6 Å². The third-order valence-electron chi connectivity index (χ3n) is 5.27. The summed E-state index contributed by atoms with van der Waals surface area (Å²) >= 11 is 6.10. The number of nitrogens with one attached hydrogen (secondary N) is 1. The van der Waals surface area contributed by atoms with Crippen molar-refractivity contribution < 1.29 is 18.0 Å². The smallest absolute Gasteiger partial charge is 0.244 e. The molecular formula is C24H32ClN3O4S. The van der Waals surface area contributed by atoms with E-state index in [0.29, 0.717) is 17.3 Å². The average Bonchev–Trinajstić information content (AvgIpc) is 2.74. The number of anilines is 1. The zero-order valence-electron chi connectivity index (χ0n) is 19.8. The van der Waals surface area contributed by atoms with Crippen molar-refractivity contribution in [2.45, 2.75) is 46.7 Å². The minimum Gasteiger partial charge on any atom is -0.354 e. The molecule has 2 aromatic carbocycles. The number of hydrogen-bond donors (Lipinski definition) is 1. The molecule has 33 heavy (non-hydrogen) atoms. The van der Waals surface area contributed by atoms with Crippen molar-refractivity contribution in [3.8, 4) is 0 Å². The summed E-state index contributed by atoms with van der Waals surface area (Å²) in [6.45, 7) is 7.41. The maximum absolute atomic E-state index is 13.5. The van der Waals surface area contributed by atoms with E-state index in [-0.39, 0.29) is 12.5 Å². The molecule has 9 heteroatoms. The number of rotatable bonds is 10. The Morgan fingerprint density at radius 2 is 1.82 bits per heavy atom. The van der Waals surface area contributed by atoms with Crippen LogP contribution < -0.4 is 9.62 Å². The van der Waals surface area contributed by atoms with Gasteiger partial charge >= 0.3 is 0 Å². The van der Waals surface area contributed by atoms with Crippen LogP contribution in [0.5, 0.6) is 0 Å². The van der Waals surface area contributed by atoms with Gasteiger partial charge in [-0.1, -0.05) is 42.8 Å². The Labute approximate surface area is 201 Å². The van der Waals surface area contributed by atoms with E-state index in [1.165, 1.54) is 4.90 Å². The zero-order valence-corrected chi connectivity index (χ0v) is 21.3. The number of aryl methyl sites for hydroxylation is 2. The Hall–Kier alpha value is -2.58. The molecule has 0 bridgehead atoms. The second-order valence-corrected chi connectivity index (χ2v) is 10.5. The van der Waals surface area contributed by atoms with Crippen molar-refractivity contribution in [3.63, 3.8) is 0 Å². The molecule has 1 atom stereocenters. The minimum absolute atomic E-state index is 0.116. The molecular weight excluding hydrogens is 462 g/mol. The van der Waals surface area contributed by atoms with Gasteiger partial charge in [-0.3, -0.25) is 13.9 Å². The number of carbonyl (C=O) groups excluding carboxylic acids is 2. The van der Waals surface area contributed by atoms with Crippen LogP contribution in [0.3, 0.4) is 0 Å². The summed E-state index contributed by atoms with van der Waals surface area (Å²) in [4.78, 5) is 27.6. The summed E-state index contributed by atoms with van der Waals surface area (Å²) in [5, 5.41) is 3.32. The molecule has 0 saturated carbocycles. The number of amides is 2. The summed E-state index contributed by atoms with van der Waals surface area (Å²) < 4.78 is 26.4. The lowest BCUT2D eigenvalue weighted by Gasteiger charge is -2.32. The summed E-state index contributed by atoms with van der Waals surface area (Å²) in [6, 6.07) is 11.6. The van der Waals surface area contributed by atoms with E-state index in [9.17, 15) is 18.0 Å². The van der Waals surface area contributed by atoms with Crippen LogP contribution in [0.25, 0.3) is 0 Å². The normalized spacial score (nSPS) is 12.2. The van der Waals surface area contributed by atoms with E-state index in [1.54, 1.807) is 38.1 Å². The van der Waals surface area contributed by atoms with Gasteiger partial charge in [-0.2, -0.15) is 0 Å². The number of nitrogens with zero attached hydrogens (tertiary/aromatic N) is 2. The number of hydrogen-bond acceptors (Lipinski definition) is 4. The van der Waals surface area contributed by atoms with Crippen molar-refractivity contribution in [1.29, 1.82) is 0 Å². The van der Waals surface area contributed by atoms with Gasteiger partial charge in [0.15, 0.2) is 0 Å². The summed E-state index contributed by atoms with van der Waals surface area (Å²) in [6.07, 6.45) is 1.83. The Bertz CT molecular complexity index is 1100. The predicted octanol–water partition coefficient (Wildman–Crippen LogP) is 3.67. The zero-order chi connectivity index (χ0) is 24.8. The van der Waals surface area contributed by atoms with Crippen LogP contribution in [-0.2, 0) is 26.2 Å². The third-order valence-corrected chi connectivity index (χ3v) is 6.63. The molecule has 0 radical (unpaired) electrons. The highest BCUT2D eigenvalue weighted by atomic mass is 35.5. The van der Waals surface area contributed by atoms with Crippen molar-refractivity contribution in [3.05, 3.63) is 64.2 Å². The molecule has 1 unspecified atom stereocenters. The fourth-order valence-electron chi connectivity index (χ4n) is 3.39. The van der Waals surface area contributed by atoms with Gasteiger partial charge < -0.3 is 10.2 Å². The molecule has 0 aliphatic carbocycles. The largest absolute Gasteiger partial charge is 0.354 e. The van der Waals surface area contributed by atoms with Gasteiger partial charge in [-0.15, -0.1) is 0 Å². The van der Waals surface area contributed by atoms with E-state index in [1.807, 2.05) is 32.0 Å². The number of sulfonamides is 1. The predicted molar refractivity (Wildman–Crippen MR) is 133 cm³/mol. The number of halogens is 1. The first kappa shape index (κ1) is 26.7. The molecule has 0 spiro atoms. The van der Waals surface area contributed by atoms with Crippen molar-refractivity contribution >= 4 is 39.1 Å². The molecule has 2 aromatic rings. The van der Waals surface area contributed by atoms with Crippen LogP contribution in [0, 0.1) is 13.8 Å². The first-order valence-electron chi connectivity index (χ1n) is 10.8. The van der Waals surface area contributed by atoms with Crippen molar-refractivity contribution in [1.82, 2.24) is 10.2 Å². The Morgan fingerprint density at radius 1 is 1.12 bits per heavy atom. The molecule has 1 N–H and O–H groups in total. The highest BCUT2D eigenvalue weighted by Gasteiger charge is 2.30. The lowest BCUT2D eigenvalue weighted by molar-refractivity contribution is -0.139. The van der Waals surface area contributed by atoms with Crippen molar-refractivity contribution in [2.75, 3.05) is 23.7 Å². The van der Waals surface area contributed by atoms with Gasteiger partial charge in [0.1, 0.15) is 12.6 Å². The van der Waals surface area contributed by atoms with E-state index in [0.717, 1.165) is 33.7 Å². The molecule has 0 aliphatic rings. The third kappa shape index (κ3) is 7.47. The topological polar surface area (TPSA) is 86.8 Å². The molecule has 2 rings (SSSR count). The average molecular weight is 494 g/mol. The fraction of sp³-hybridized carbons (Fsp3) is 0.417. The highest BCUT2D eigenvalue weighted by molar-refractivity contribution is 7.92. The quantitative estimate of drug-likeness (QED) is 0.547. The van der Waals surface area contributed by atoms with Gasteiger partial charge in [0.25, 0.3) is 0 Å². The van der Waals surface area contributed by atoms with Crippen LogP contribution in [0.4, 0.5) is 5.69 Å². The van der Waals surface area contributed by atoms with Crippen LogP contribution in [0.2, 0.25) is 5.02 Å². The van der Waals surface area contributed by atoms with E-state index < -0.39 is 28.5 Å². The highest BCUT2D eigenvalue weighted by Crippen LogP contribution is 2.24. The molecule has 0 heterocycles. The van der Waals surface area contributed by atoms with Crippen LogP contribution in [0.15, 0.2) is 42.5 Å². The summed E-state index contributed by atoms with van der Waals surface area (Å²) in [7, 11) is -3.76. The molecule has 7 nitrogen and oxygen atoms in total. The Morgan fingerprint density at radius 3 is 2.42 bits per heavy atom.